The largest absolute Gasteiger partial charge is 0.504 e. The van der Waals surface area contributed by atoms with Gasteiger partial charge in [-0.2, -0.15) is 0 Å². The number of carbonyl (C=O) groups is 1. The molecule has 0 aliphatic carbocycles. The number of thiophene rings is 1. The fourth-order valence-corrected chi connectivity index (χ4v) is 3.86. The molecule has 0 aliphatic heterocycles. The van der Waals surface area contributed by atoms with Gasteiger partial charge in [-0.15, -0.1) is 11.3 Å². The molecule has 1 amide bonds. The Morgan fingerprint density at radius 1 is 1.10 bits per heavy atom. The van der Waals surface area contributed by atoms with Crippen LogP contribution in [0, 0.1) is 6.92 Å². The van der Waals surface area contributed by atoms with E-state index in [0.717, 1.165) is 4.88 Å². The number of anilines is 1. The van der Waals surface area contributed by atoms with Crippen LogP contribution in [0.5, 0.6) is 17.2 Å². The number of phenols is 2. The van der Waals surface area contributed by atoms with Crippen LogP contribution in [0.15, 0.2) is 57.1 Å². The lowest BCUT2D eigenvalue weighted by molar-refractivity contribution is -0.115. The molecule has 30 heavy (non-hydrogen) atoms. The molecule has 0 saturated carbocycles. The highest BCUT2D eigenvalue weighted by Crippen LogP contribution is 2.37. The van der Waals surface area contributed by atoms with Gasteiger partial charge in [-0.25, -0.2) is 0 Å². The van der Waals surface area contributed by atoms with Gasteiger partial charge < -0.3 is 25.1 Å². The molecule has 0 spiro atoms. The first-order chi connectivity index (χ1) is 14.3. The molecule has 0 atom stereocenters. The number of phenolic OH excluding ortho intramolecular Hbond substituents is 2. The highest BCUT2D eigenvalue weighted by Gasteiger charge is 2.20. The van der Waals surface area contributed by atoms with Crippen molar-refractivity contribution in [3.8, 4) is 28.6 Å². The van der Waals surface area contributed by atoms with Crippen molar-refractivity contribution in [2.45, 2.75) is 13.3 Å². The number of nitrogens with one attached hydrogen (secondary N) is 1. The van der Waals surface area contributed by atoms with Gasteiger partial charge in [-0.05, 0) is 54.3 Å². The minimum Gasteiger partial charge on any atom is -0.504 e. The smallest absolute Gasteiger partial charge is 0.235 e. The third-order valence-electron chi connectivity index (χ3n) is 4.54. The SMILES string of the molecule is Cc1cc(NC(=O)Cc2cccs2)c2oc(-c3ccc(O)c(O)c3)c(O)c(=O)c2c1. The van der Waals surface area contributed by atoms with E-state index in [-0.39, 0.29) is 40.4 Å². The summed E-state index contributed by atoms with van der Waals surface area (Å²) in [5.74, 6) is -1.86. The molecule has 7 nitrogen and oxygen atoms in total. The zero-order chi connectivity index (χ0) is 21.4. The van der Waals surface area contributed by atoms with Gasteiger partial charge in [0.25, 0.3) is 0 Å². The molecule has 4 aromatic rings. The number of rotatable bonds is 4. The molecule has 152 valence electrons. The maximum atomic E-state index is 12.8. The minimum absolute atomic E-state index is 0.102. The van der Waals surface area contributed by atoms with Crippen molar-refractivity contribution in [1.82, 2.24) is 0 Å². The fourth-order valence-electron chi connectivity index (χ4n) is 3.15. The Morgan fingerprint density at radius 3 is 2.60 bits per heavy atom. The maximum absolute atomic E-state index is 12.8. The first-order valence-electron chi connectivity index (χ1n) is 8.98. The van der Waals surface area contributed by atoms with Gasteiger partial charge in [0.15, 0.2) is 22.8 Å². The standard InChI is InChI=1S/C22H17NO6S/c1-11-7-14-19(27)20(28)21(12-4-5-16(24)17(25)9-12)29-22(14)15(8-11)23-18(26)10-13-3-2-6-30-13/h2-9,24-25,28H,10H2,1H3,(H,23,26). The summed E-state index contributed by atoms with van der Waals surface area (Å²) in [5.41, 5.74) is 0.628. The van der Waals surface area contributed by atoms with Crippen molar-refractivity contribution in [3.05, 3.63) is 68.5 Å². The third kappa shape index (κ3) is 3.60. The lowest BCUT2D eigenvalue weighted by Crippen LogP contribution is -2.15. The molecular weight excluding hydrogens is 406 g/mol. The molecule has 2 aromatic carbocycles. The Labute approximate surface area is 174 Å². The summed E-state index contributed by atoms with van der Waals surface area (Å²) in [4.78, 5) is 26.2. The predicted molar refractivity (Wildman–Crippen MR) is 114 cm³/mol. The number of amides is 1. The molecule has 0 radical (unpaired) electrons. The summed E-state index contributed by atoms with van der Waals surface area (Å²) in [6.07, 6.45) is 0.175. The van der Waals surface area contributed by atoms with E-state index in [0.29, 0.717) is 11.3 Å². The topological polar surface area (TPSA) is 120 Å². The zero-order valence-corrected chi connectivity index (χ0v) is 16.6. The van der Waals surface area contributed by atoms with Crippen LogP contribution in [0.2, 0.25) is 0 Å². The van der Waals surface area contributed by atoms with E-state index in [1.807, 2.05) is 17.5 Å². The van der Waals surface area contributed by atoms with Crippen molar-refractivity contribution in [2.75, 3.05) is 5.32 Å². The fraction of sp³-hybridized carbons (Fsp3) is 0.0909. The lowest BCUT2D eigenvalue weighted by atomic mass is 10.1. The average Bonchev–Trinajstić information content (AvgIpc) is 3.20. The molecule has 0 aliphatic rings. The van der Waals surface area contributed by atoms with Gasteiger partial charge in [0.05, 0.1) is 17.5 Å². The second kappa shape index (κ2) is 7.57. The highest BCUT2D eigenvalue weighted by molar-refractivity contribution is 7.10. The van der Waals surface area contributed by atoms with E-state index in [1.54, 1.807) is 19.1 Å². The van der Waals surface area contributed by atoms with Crippen LogP contribution in [-0.2, 0) is 11.2 Å². The summed E-state index contributed by atoms with van der Waals surface area (Å²) in [6.45, 7) is 1.76. The Hall–Kier alpha value is -3.78. The van der Waals surface area contributed by atoms with Gasteiger partial charge in [-0.3, -0.25) is 9.59 Å². The second-order valence-corrected chi connectivity index (χ2v) is 7.84. The first kappa shape index (κ1) is 19.5. The molecule has 4 N–H and O–H groups in total. The van der Waals surface area contributed by atoms with Gasteiger partial charge >= 0.3 is 0 Å². The minimum atomic E-state index is -0.670. The summed E-state index contributed by atoms with van der Waals surface area (Å²) >= 11 is 1.46. The van der Waals surface area contributed by atoms with Crippen LogP contribution in [-0.4, -0.2) is 21.2 Å². The number of aromatic hydroxyl groups is 3. The van der Waals surface area contributed by atoms with E-state index in [1.165, 1.54) is 29.5 Å². The Bertz CT molecular complexity index is 1320. The molecule has 2 heterocycles. The van der Waals surface area contributed by atoms with Crippen molar-refractivity contribution in [1.29, 1.82) is 0 Å². The van der Waals surface area contributed by atoms with Crippen LogP contribution < -0.4 is 10.7 Å². The summed E-state index contributed by atoms with van der Waals surface area (Å²) < 4.78 is 5.82. The molecule has 4 rings (SSSR count). The lowest BCUT2D eigenvalue weighted by Gasteiger charge is -2.12. The van der Waals surface area contributed by atoms with Crippen molar-refractivity contribution in [2.24, 2.45) is 0 Å². The number of aryl methyl sites for hydroxylation is 1. The van der Waals surface area contributed by atoms with Crippen molar-refractivity contribution < 1.29 is 24.5 Å². The van der Waals surface area contributed by atoms with Gasteiger partial charge in [0.2, 0.25) is 17.1 Å². The predicted octanol–water partition coefficient (Wildman–Crippen LogP) is 4.13. The molecule has 0 unspecified atom stereocenters. The van der Waals surface area contributed by atoms with Crippen LogP contribution >= 0.6 is 11.3 Å². The number of benzene rings is 2. The van der Waals surface area contributed by atoms with Crippen molar-refractivity contribution in [3.63, 3.8) is 0 Å². The normalized spacial score (nSPS) is 11.0. The van der Waals surface area contributed by atoms with Crippen molar-refractivity contribution >= 4 is 33.9 Å². The third-order valence-corrected chi connectivity index (χ3v) is 5.42. The van der Waals surface area contributed by atoms with Gasteiger partial charge in [0, 0.05) is 10.4 Å². The summed E-state index contributed by atoms with van der Waals surface area (Å²) in [6, 6.07) is 10.7. The van der Waals surface area contributed by atoms with E-state index in [2.05, 4.69) is 5.32 Å². The van der Waals surface area contributed by atoms with Crippen LogP contribution in [0.3, 0.4) is 0 Å². The highest BCUT2D eigenvalue weighted by atomic mass is 32.1. The number of hydrogen-bond donors (Lipinski definition) is 4. The van der Waals surface area contributed by atoms with Crippen LogP contribution in [0.4, 0.5) is 5.69 Å². The maximum Gasteiger partial charge on any atom is 0.235 e. The van der Waals surface area contributed by atoms with E-state index in [4.69, 9.17) is 4.42 Å². The molecule has 8 heteroatoms. The second-order valence-electron chi connectivity index (χ2n) is 6.81. The zero-order valence-electron chi connectivity index (χ0n) is 15.8. The Morgan fingerprint density at radius 2 is 1.90 bits per heavy atom. The monoisotopic (exact) mass is 423 g/mol. The molecule has 0 fully saturated rings. The van der Waals surface area contributed by atoms with E-state index < -0.39 is 16.9 Å². The number of fused-ring (bicyclic) bond motifs is 1. The summed E-state index contributed by atoms with van der Waals surface area (Å²) in [5, 5.41) is 34.5. The Kier molecular flexibility index (Phi) is 4.93. The number of hydrogen-bond acceptors (Lipinski definition) is 7. The van der Waals surface area contributed by atoms with Crippen LogP contribution in [0.1, 0.15) is 10.4 Å². The quantitative estimate of drug-likeness (QED) is 0.367. The van der Waals surface area contributed by atoms with E-state index >= 15 is 0 Å². The van der Waals surface area contributed by atoms with Crippen LogP contribution in [0.25, 0.3) is 22.3 Å². The molecular formula is C22H17NO6S. The van der Waals surface area contributed by atoms with Gasteiger partial charge in [-0.1, -0.05) is 6.07 Å². The molecule has 0 saturated heterocycles. The van der Waals surface area contributed by atoms with Gasteiger partial charge in [0.1, 0.15) is 0 Å². The summed E-state index contributed by atoms with van der Waals surface area (Å²) in [7, 11) is 0. The number of carbonyl (C=O) groups excluding carboxylic acids is 1. The first-order valence-corrected chi connectivity index (χ1v) is 9.86. The average molecular weight is 423 g/mol. The van der Waals surface area contributed by atoms with E-state index in [9.17, 15) is 24.9 Å². The molecule has 2 aromatic heterocycles. The molecule has 0 bridgehead atoms. The Balaban J connectivity index is 1.84.